The summed E-state index contributed by atoms with van der Waals surface area (Å²) in [7, 11) is 0. The van der Waals surface area contributed by atoms with Gasteiger partial charge in [-0.1, -0.05) is 18.2 Å². The average molecular weight is 347 g/mol. The number of rotatable bonds is 0. The molecule has 1 fully saturated rings. The molecule has 2 aromatic carbocycles. The summed E-state index contributed by atoms with van der Waals surface area (Å²) < 4.78 is 6.21. The fraction of sp³-hybridized carbons (Fsp3) is 0.300. The first-order valence-corrected chi connectivity index (χ1v) is 9.07. The van der Waals surface area contributed by atoms with Crippen molar-refractivity contribution >= 4 is 17.5 Å². The zero-order valence-corrected chi connectivity index (χ0v) is 14.6. The van der Waals surface area contributed by atoms with Crippen molar-refractivity contribution in [2.45, 2.75) is 6.42 Å². The van der Waals surface area contributed by atoms with Gasteiger partial charge in [-0.3, -0.25) is 4.99 Å². The van der Waals surface area contributed by atoms with Crippen LogP contribution in [0.15, 0.2) is 52.4 Å². The summed E-state index contributed by atoms with van der Waals surface area (Å²) in [5, 5.41) is 0. The van der Waals surface area contributed by atoms with E-state index in [2.05, 4.69) is 33.0 Å². The maximum Gasteiger partial charge on any atom is 0.191 e. The first-order chi connectivity index (χ1) is 12.8. The Morgan fingerprint density at radius 1 is 0.923 bits per heavy atom. The number of piperazine rings is 1. The molecule has 0 aromatic heterocycles. The normalized spacial score (nSPS) is 18.6. The van der Waals surface area contributed by atoms with Crippen molar-refractivity contribution in [1.29, 1.82) is 0 Å². The van der Waals surface area contributed by atoms with Gasteiger partial charge in [-0.05, 0) is 36.2 Å². The molecule has 0 unspecified atom stereocenters. The molecule has 2 aromatic rings. The Bertz CT molecular complexity index is 912. The van der Waals surface area contributed by atoms with Gasteiger partial charge < -0.3 is 20.3 Å². The first kappa shape index (κ1) is 15.3. The zero-order chi connectivity index (χ0) is 17.5. The molecule has 2 N–H and O–H groups in total. The molecule has 0 saturated carbocycles. The summed E-state index contributed by atoms with van der Waals surface area (Å²) in [6, 6.07) is 14.3. The van der Waals surface area contributed by atoms with Crippen molar-refractivity contribution < 1.29 is 4.74 Å². The van der Waals surface area contributed by atoms with E-state index in [-0.39, 0.29) is 0 Å². The number of amidine groups is 1. The number of para-hydroxylation sites is 2. The fourth-order valence-corrected chi connectivity index (χ4v) is 3.71. The van der Waals surface area contributed by atoms with E-state index in [9.17, 15) is 0 Å². The van der Waals surface area contributed by atoms with Crippen LogP contribution < -0.4 is 10.5 Å². The standard InChI is InChI=1S/C20H21N5O/c21-20-22-8-7-14-5-6-17-15(13-14)19(24-9-11-25(20)12-10-24)23-16-3-1-2-4-18(16)26-17/h1-6,13H,7-12H2,(H2,21,22). The number of nitrogens with zero attached hydrogens (tertiary/aromatic N) is 4. The predicted octanol–water partition coefficient (Wildman–Crippen LogP) is 2.36. The van der Waals surface area contributed by atoms with E-state index in [0.29, 0.717) is 12.5 Å². The second-order valence-electron chi connectivity index (χ2n) is 6.80. The summed E-state index contributed by atoms with van der Waals surface area (Å²) in [5.74, 6) is 3.30. The molecule has 26 heavy (non-hydrogen) atoms. The predicted molar refractivity (Wildman–Crippen MR) is 102 cm³/mol. The van der Waals surface area contributed by atoms with Gasteiger partial charge in [0, 0.05) is 32.7 Å². The summed E-state index contributed by atoms with van der Waals surface area (Å²) >= 11 is 0. The molecule has 0 spiro atoms. The number of guanidine groups is 1. The van der Waals surface area contributed by atoms with Crippen LogP contribution in [0.25, 0.3) is 0 Å². The molecule has 6 nitrogen and oxygen atoms in total. The van der Waals surface area contributed by atoms with Crippen LogP contribution in [0.3, 0.4) is 0 Å². The van der Waals surface area contributed by atoms with Crippen molar-refractivity contribution in [3.05, 3.63) is 53.6 Å². The minimum absolute atomic E-state index is 0.651. The zero-order valence-electron chi connectivity index (χ0n) is 14.6. The van der Waals surface area contributed by atoms with Crippen LogP contribution in [-0.4, -0.2) is 54.3 Å². The quantitative estimate of drug-likeness (QED) is 0.794. The lowest BCUT2D eigenvalue weighted by Gasteiger charge is -2.37. The highest BCUT2D eigenvalue weighted by Gasteiger charge is 2.27. The second kappa shape index (κ2) is 6.05. The molecule has 0 amide bonds. The van der Waals surface area contributed by atoms with Gasteiger partial charge >= 0.3 is 0 Å². The lowest BCUT2D eigenvalue weighted by Crippen LogP contribution is -2.53. The summed E-state index contributed by atoms with van der Waals surface area (Å²) in [6.07, 6.45) is 0.849. The van der Waals surface area contributed by atoms with E-state index in [4.69, 9.17) is 15.5 Å². The largest absolute Gasteiger partial charge is 0.454 e. The summed E-state index contributed by atoms with van der Waals surface area (Å²) in [5.41, 5.74) is 9.32. The van der Waals surface area contributed by atoms with Crippen LogP contribution in [-0.2, 0) is 6.42 Å². The highest BCUT2D eigenvalue weighted by Crippen LogP contribution is 2.38. The van der Waals surface area contributed by atoms with Crippen LogP contribution in [0, 0.1) is 0 Å². The third kappa shape index (κ3) is 2.58. The van der Waals surface area contributed by atoms with Crippen molar-refractivity contribution in [3.63, 3.8) is 0 Å². The molecule has 4 aliphatic heterocycles. The van der Waals surface area contributed by atoms with Gasteiger partial charge in [-0.15, -0.1) is 0 Å². The summed E-state index contributed by atoms with van der Waals surface area (Å²) in [4.78, 5) is 14.1. The van der Waals surface area contributed by atoms with Gasteiger partial charge in [0.2, 0.25) is 0 Å². The van der Waals surface area contributed by atoms with E-state index in [1.807, 2.05) is 24.3 Å². The van der Waals surface area contributed by atoms with E-state index in [1.54, 1.807) is 0 Å². The average Bonchev–Trinajstić information content (AvgIpc) is 2.83. The maximum absolute atomic E-state index is 6.21. The lowest BCUT2D eigenvalue weighted by molar-refractivity contribution is 0.256. The van der Waals surface area contributed by atoms with Crippen molar-refractivity contribution in [3.8, 4) is 11.5 Å². The fourth-order valence-electron chi connectivity index (χ4n) is 3.71. The Morgan fingerprint density at radius 3 is 2.62 bits per heavy atom. The minimum atomic E-state index is 0.651. The van der Waals surface area contributed by atoms with Crippen LogP contribution >= 0.6 is 0 Å². The monoisotopic (exact) mass is 347 g/mol. The van der Waals surface area contributed by atoms with Gasteiger partial charge in [-0.2, -0.15) is 0 Å². The lowest BCUT2D eigenvalue weighted by atomic mass is 10.0. The highest BCUT2D eigenvalue weighted by molar-refractivity contribution is 6.04. The SMILES string of the molecule is NC1=NCCc2ccc3c(c2)C(=Nc2ccccc2O3)N2CCN1CC2. The van der Waals surface area contributed by atoms with Crippen LogP contribution in [0.1, 0.15) is 11.1 Å². The number of nitrogens with two attached hydrogens (primary N) is 1. The molecule has 0 atom stereocenters. The van der Waals surface area contributed by atoms with E-state index in [1.165, 1.54) is 5.56 Å². The Hall–Kier alpha value is -3.02. The van der Waals surface area contributed by atoms with Gasteiger partial charge in [0.1, 0.15) is 17.3 Å². The smallest absolute Gasteiger partial charge is 0.191 e. The van der Waals surface area contributed by atoms with Crippen LogP contribution in [0.2, 0.25) is 0 Å². The van der Waals surface area contributed by atoms with Gasteiger partial charge in [0.25, 0.3) is 0 Å². The number of fused-ring (bicyclic) bond motifs is 5. The molecule has 4 bridgehead atoms. The Labute approximate surface area is 152 Å². The number of ether oxygens (including phenoxy) is 1. The van der Waals surface area contributed by atoms with Gasteiger partial charge in [0.15, 0.2) is 11.7 Å². The molecule has 6 rings (SSSR count). The Balaban J connectivity index is 1.68. The van der Waals surface area contributed by atoms with Crippen molar-refractivity contribution in [2.75, 3.05) is 32.7 Å². The van der Waals surface area contributed by atoms with Gasteiger partial charge in [0.05, 0.1) is 5.56 Å². The number of aliphatic imine (C=N–C) groups is 2. The van der Waals surface area contributed by atoms with Gasteiger partial charge in [-0.25, -0.2) is 4.99 Å². The minimum Gasteiger partial charge on any atom is -0.454 e. The third-order valence-corrected chi connectivity index (χ3v) is 5.17. The molecule has 4 aliphatic rings. The van der Waals surface area contributed by atoms with Crippen LogP contribution in [0.4, 0.5) is 5.69 Å². The molecular formula is C20H21N5O. The van der Waals surface area contributed by atoms with E-state index >= 15 is 0 Å². The molecule has 1 saturated heterocycles. The van der Waals surface area contributed by atoms with Crippen LogP contribution in [0.5, 0.6) is 11.5 Å². The Kier molecular flexibility index (Phi) is 3.55. The number of hydrogen-bond donors (Lipinski definition) is 1. The highest BCUT2D eigenvalue weighted by atomic mass is 16.5. The molecule has 0 aliphatic carbocycles. The van der Waals surface area contributed by atoms with Crippen molar-refractivity contribution in [1.82, 2.24) is 9.80 Å². The maximum atomic E-state index is 6.21. The Morgan fingerprint density at radius 2 is 1.73 bits per heavy atom. The second-order valence-corrected chi connectivity index (χ2v) is 6.80. The molecule has 0 radical (unpaired) electrons. The summed E-state index contributed by atoms with van der Waals surface area (Å²) in [6.45, 7) is 4.12. The third-order valence-electron chi connectivity index (χ3n) is 5.17. The van der Waals surface area contributed by atoms with E-state index in [0.717, 1.165) is 61.2 Å². The molecule has 6 heteroatoms. The number of benzene rings is 2. The van der Waals surface area contributed by atoms with Crippen molar-refractivity contribution in [2.24, 2.45) is 15.7 Å². The first-order valence-electron chi connectivity index (χ1n) is 9.07. The molecular weight excluding hydrogens is 326 g/mol. The molecule has 4 heterocycles. The topological polar surface area (TPSA) is 66.5 Å². The van der Waals surface area contributed by atoms with E-state index < -0.39 is 0 Å². The number of hydrogen-bond acceptors (Lipinski definition) is 6. The molecule has 132 valence electrons.